The molecule has 3 rings (SSSR count). The molecule has 3 aromatic rings. The molecule has 122 valence electrons. The molecular formula is C15H10FN3O3S2. The number of amides is 1. The highest BCUT2D eigenvalue weighted by atomic mass is 32.1. The highest BCUT2D eigenvalue weighted by molar-refractivity contribution is 7.20. The second kappa shape index (κ2) is 6.85. The molecule has 0 spiro atoms. The molecule has 2 heterocycles. The Morgan fingerprint density at radius 1 is 1.33 bits per heavy atom. The van der Waals surface area contributed by atoms with Crippen LogP contribution in [-0.2, 0) is 11.2 Å². The van der Waals surface area contributed by atoms with Crippen molar-refractivity contribution in [2.45, 2.75) is 6.42 Å². The number of halogens is 1. The van der Waals surface area contributed by atoms with Crippen molar-refractivity contribution < 1.29 is 14.1 Å². The molecule has 0 radical (unpaired) electrons. The van der Waals surface area contributed by atoms with Gasteiger partial charge in [-0.2, -0.15) is 4.39 Å². The molecule has 0 unspecified atom stereocenters. The fourth-order valence-electron chi connectivity index (χ4n) is 2.00. The number of thiophene rings is 1. The van der Waals surface area contributed by atoms with Crippen LogP contribution in [0.5, 0.6) is 0 Å². The van der Waals surface area contributed by atoms with E-state index in [1.165, 1.54) is 17.4 Å². The standard InChI is InChI=1S/C15H10FN3O3S2/c16-11-4-3-9(6-12(11)19(21)22)17-14(20)7-10-8-24-15(18-10)13-2-1-5-23-13/h1-6,8H,7H2,(H,17,20). The van der Waals surface area contributed by atoms with E-state index in [0.717, 1.165) is 22.0 Å². The van der Waals surface area contributed by atoms with Crippen LogP contribution in [0.4, 0.5) is 15.8 Å². The zero-order valence-corrected chi connectivity index (χ0v) is 13.7. The summed E-state index contributed by atoms with van der Waals surface area (Å²) in [6.45, 7) is 0. The molecule has 0 saturated heterocycles. The molecule has 9 heteroatoms. The minimum atomic E-state index is -0.946. The van der Waals surface area contributed by atoms with Gasteiger partial charge in [-0.05, 0) is 23.6 Å². The molecule has 0 bridgehead atoms. The SMILES string of the molecule is O=C(Cc1csc(-c2cccs2)n1)Nc1ccc(F)c([N+](=O)[O-])c1. The summed E-state index contributed by atoms with van der Waals surface area (Å²) in [5.41, 5.74) is 0.0979. The highest BCUT2D eigenvalue weighted by Gasteiger charge is 2.16. The second-order valence-corrected chi connectivity index (χ2v) is 6.58. The predicted molar refractivity (Wildman–Crippen MR) is 90.8 cm³/mol. The topological polar surface area (TPSA) is 85.1 Å². The number of hydrogen-bond acceptors (Lipinski definition) is 6. The molecule has 2 aromatic heterocycles. The van der Waals surface area contributed by atoms with Crippen molar-refractivity contribution in [3.8, 4) is 9.88 Å². The van der Waals surface area contributed by atoms with Crippen LogP contribution in [0.25, 0.3) is 9.88 Å². The smallest absolute Gasteiger partial charge is 0.306 e. The van der Waals surface area contributed by atoms with Gasteiger partial charge in [0.25, 0.3) is 0 Å². The number of benzene rings is 1. The number of hydrogen-bond donors (Lipinski definition) is 1. The van der Waals surface area contributed by atoms with Gasteiger partial charge in [0, 0.05) is 17.1 Å². The zero-order chi connectivity index (χ0) is 17.1. The van der Waals surface area contributed by atoms with Gasteiger partial charge in [-0.1, -0.05) is 6.07 Å². The molecule has 0 fully saturated rings. The van der Waals surface area contributed by atoms with Crippen LogP contribution in [0.2, 0.25) is 0 Å². The second-order valence-electron chi connectivity index (χ2n) is 4.77. The van der Waals surface area contributed by atoms with Gasteiger partial charge in [-0.3, -0.25) is 14.9 Å². The van der Waals surface area contributed by atoms with E-state index in [1.54, 1.807) is 16.7 Å². The fraction of sp³-hybridized carbons (Fsp3) is 0.0667. The first-order valence-corrected chi connectivity index (χ1v) is 8.51. The molecule has 6 nitrogen and oxygen atoms in total. The molecule has 1 N–H and O–H groups in total. The monoisotopic (exact) mass is 363 g/mol. The average molecular weight is 363 g/mol. The van der Waals surface area contributed by atoms with Crippen molar-refractivity contribution >= 4 is 40.0 Å². The molecule has 0 atom stereocenters. The van der Waals surface area contributed by atoms with Gasteiger partial charge >= 0.3 is 5.69 Å². The van der Waals surface area contributed by atoms with Gasteiger partial charge in [0.2, 0.25) is 11.7 Å². The molecule has 0 saturated carbocycles. The Morgan fingerprint density at radius 2 is 2.17 bits per heavy atom. The predicted octanol–water partition coefficient (Wildman–Crippen LogP) is 4.10. The van der Waals surface area contributed by atoms with Gasteiger partial charge in [0.15, 0.2) is 0 Å². The number of nitro benzene ring substituents is 1. The number of nitrogens with one attached hydrogen (secondary N) is 1. The molecular weight excluding hydrogens is 353 g/mol. The number of carbonyl (C=O) groups is 1. The van der Waals surface area contributed by atoms with E-state index >= 15 is 0 Å². The normalized spacial score (nSPS) is 10.5. The summed E-state index contributed by atoms with van der Waals surface area (Å²) in [5, 5.41) is 17.8. The molecule has 0 aliphatic heterocycles. The number of thiazole rings is 1. The van der Waals surface area contributed by atoms with E-state index in [-0.39, 0.29) is 18.0 Å². The lowest BCUT2D eigenvalue weighted by atomic mass is 10.2. The van der Waals surface area contributed by atoms with Crippen LogP contribution in [-0.4, -0.2) is 15.8 Å². The number of carbonyl (C=O) groups excluding carboxylic acids is 1. The lowest BCUT2D eigenvalue weighted by Crippen LogP contribution is -2.14. The summed E-state index contributed by atoms with van der Waals surface area (Å²) < 4.78 is 13.3. The van der Waals surface area contributed by atoms with E-state index in [9.17, 15) is 19.3 Å². The highest BCUT2D eigenvalue weighted by Crippen LogP contribution is 2.28. The molecule has 1 amide bonds. The van der Waals surface area contributed by atoms with Crippen LogP contribution in [0, 0.1) is 15.9 Å². The summed E-state index contributed by atoms with van der Waals surface area (Å²) in [4.78, 5) is 27.3. The first kappa shape index (κ1) is 16.2. The van der Waals surface area contributed by atoms with Crippen LogP contribution in [0.15, 0.2) is 41.1 Å². The number of anilines is 1. The first-order valence-electron chi connectivity index (χ1n) is 6.75. The van der Waals surface area contributed by atoms with Crippen LogP contribution in [0.1, 0.15) is 5.69 Å². The van der Waals surface area contributed by atoms with E-state index in [2.05, 4.69) is 10.3 Å². The van der Waals surface area contributed by atoms with E-state index < -0.39 is 16.4 Å². The zero-order valence-electron chi connectivity index (χ0n) is 12.1. The quantitative estimate of drug-likeness (QED) is 0.546. The van der Waals surface area contributed by atoms with E-state index in [0.29, 0.717) is 5.69 Å². The van der Waals surface area contributed by atoms with Crippen LogP contribution < -0.4 is 5.32 Å². The Labute approximate surface area is 143 Å². The average Bonchev–Trinajstić information content (AvgIpc) is 3.19. The van der Waals surface area contributed by atoms with Gasteiger partial charge in [0.1, 0.15) is 5.01 Å². The van der Waals surface area contributed by atoms with Crippen LogP contribution in [0.3, 0.4) is 0 Å². The number of rotatable bonds is 5. The Hall–Kier alpha value is -2.65. The lowest BCUT2D eigenvalue weighted by molar-refractivity contribution is -0.387. The van der Waals surface area contributed by atoms with Gasteiger partial charge in [-0.25, -0.2) is 4.98 Å². The Kier molecular flexibility index (Phi) is 4.63. The molecule has 24 heavy (non-hydrogen) atoms. The van der Waals surface area contributed by atoms with Gasteiger partial charge < -0.3 is 5.32 Å². The van der Waals surface area contributed by atoms with Crippen molar-refractivity contribution in [2.24, 2.45) is 0 Å². The minimum Gasteiger partial charge on any atom is -0.325 e. The first-order chi connectivity index (χ1) is 11.5. The third-order valence-electron chi connectivity index (χ3n) is 3.05. The lowest BCUT2D eigenvalue weighted by Gasteiger charge is -2.04. The summed E-state index contributed by atoms with van der Waals surface area (Å²) in [5.74, 6) is -1.32. The number of nitro groups is 1. The number of nitrogens with zero attached hydrogens (tertiary/aromatic N) is 2. The summed E-state index contributed by atoms with van der Waals surface area (Å²) in [7, 11) is 0. The van der Waals surface area contributed by atoms with E-state index in [4.69, 9.17) is 0 Å². The van der Waals surface area contributed by atoms with Crippen molar-refractivity contribution in [3.05, 3.63) is 62.7 Å². The Morgan fingerprint density at radius 3 is 2.88 bits per heavy atom. The number of aromatic nitrogens is 1. The molecule has 0 aliphatic carbocycles. The Balaban J connectivity index is 1.68. The molecule has 1 aromatic carbocycles. The maximum atomic E-state index is 13.3. The minimum absolute atomic E-state index is 0.0348. The van der Waals surface area contributed by atoms with Crippen molar-refractivity contribution in [2.75, 3.05) is 5.32 Å². The third kappa shape index (κ3) is 3.63. The van der Waals surface area contributed by atoms with Crippen molar-refractivity contribution in [1.29, 1.82) is 0 Å². The maximum absolute atomic E-state index is 13.3. The van der Waals surface area contributed by atoms with Crippen molar-refractivity contribution in [3.63, 3.8) is 0 Å². The van der Waals surface area contributed by atoms with Gasteiger partial charge in [-0.15, -0.1) is 22.7 Å². The van der Waals surface area contributed by atoms with Crippen molar-refractivity contribution in [1.82, 2.24) is 4.98 Å². The molecule has 0 aliphatic rings. The third-order valence-corrected chi connectivity index (χ3v) is 4.98. The summed E-state index contributed by atoms with van der Waals surface area (Å²) >= 11 is 3.01. The van der Waals surface area contributed by atoms with E-state index in [1.807, 2.05) is 17.5 Å². The Bertz CT molecular complexity index is 893. The summed E-state index contributed by atoms with van der Waals surface area (Å²) in [6.07, 6.45) is 0.0348. The largest absolute Gasteiger partial charge is 0.325 e. The fourth-order valence-corrected chi connectivity index (χ4v) is 3.64. The van der Waals surface area contributed by atoms with Crippen LogP contribution >= 0.6 is 22.7 Å². The van der Waals surface area contributed by atoms with Gasteiger partial charge in [0.05, 0.1) is 21.9 Å². The maximum Gasteiger partial charge on any atom is 0.306 e. The summed E-state index contributed by atoms with van der Waals surface area (Å²) in [6, 6.07) is 7.09.